The lowest BCUT2D eigenvalue weighted by atomic mass is 9.74. The van der Waals surface area contributed by atoms with Crippen LogP contribution in [0.1, 0.15) is 24.8 Å². The number of piperidine rings is 1. The SMILES string of the molecule is O=C(O)C(F)(F)F.O=C(O)CCN1CCC2(CC1)COc1cc(OCCOc3ccccc3)ccc12. The predicted molar refractivity (Wildman–Crippen MR) is 123 cm³/mol. The first-order valence-corrected chi connectivity index (χ1v) is 11.4. The molecule has 2 aromatic carbocycles. The van der Waals surface area contributed by atoms with Gasteiger partial charge in [0.2, 0.25) is 0 Å². The summed E-state index contributed by atoms with van der Waals surface area (Å²) in [6.45, 7) is 4.08. The molecule has 0 aliphatic carbocycles. The van der Waals surface area contributed by atoms with Crippen molar-refractivity contribution in [3.8, 4) is 17.2 Å². The quantitative estimate of drug-likeness (QED) is 0.513. The highest BCUT2D eigenvalue weighted by Gasteiger charge is 2.43. The van der Waals surface area contributed by atoms with E-state index in [2.05, 4.69) is 11.0 Å². The number of hydrogen-bond donors (Lipinski definition) is 2. The normalized spacial score (nSPS) is 16.3. The molecular weight excluding hydrogens is 483 g/mol. The minimum absolute atomic E-state index is 0.0456. The van der Waals surface area contributed by atoms with Crippen molar-refractivity contribution in [2.45, 2.75) is 30.9 Å². The second-order valence-corrected chi connectivity index (χ2v) is 8.53. The second-order valence-electron chi connectivity index (χ2n) is 8.53. The maximum absolute atomic E-state index is 10.8. The molecule has 0 atom stereocenters. The molecule has 2 N–H and O–H groups in total. The maximum Gasteiger partial charge on any atom is 0.490 e. The van der Waals surface area contributed by atoms with E-state index in [4.69, 9.17) is 29.2 Å². The molecule has 2 heterocycles. The first-order valence-electron chi connectivity index (χ1n) is 11.4. The average Bonchev–Trinajstić information content (AvgIpc) is 3.19. The molecule has 2 aliphatic rings. The van der Waals surface area contributed by atoms with E-state index in [-0.39, 0.29) is 11.8 Å². The molecule has 2 aromatic rings. The van der Waals surface area contributed by atoms with Crippen LogP contribution < -0.4 is 14.2 Å². The van der Waals surface area contributed by atoms with Gasteiger partial charge in [-0.05, 0) is 44.1 Å². The number of rotatable bonds is 8. The van der Waals surface area contributed by atoms with E-state index in [1.165, 1.54) is 5.56 Å². The molecule has 0 unspecified atom stereocenters. The number of aliphatic carboxylic acids is 2. The first-order chi connectivity index (χ1) is 17.1. The van der Waals surface area contributed by atoms with Crippen molar-refractivity contribution in [1.29, 1.82) is 0 Å². The van der Waals surface area contributed by atoms with Crippen LogP contribution >= 0.6 is 0 Å². The van der Waals surface area contributed by atoms with Crippen LogP contribution in [0.5, 0.6) is 17.2 Å². The molecule has 11 heteroatoms. The van der Waals surface area contributed by atoms with Crippen molar-refractivity contribution in [3.63, 3.8) is 0 Å². The first kappa shape index (κ1) is 27.1. The summed E-state index contributed by atoms with van der Waals surface area (Å²) in [5.41, 5.74) is 1.30. The summed E-state index contributed by atoms with van der Waals surface area (Å²) in [5, 5.41) is 16.0. The average molecular weight is 511 g/mol. The lowest BCUT2D eigenvalue weighted by Crippen LogP contribution is -2.44. The molecule has 0 amide bonds. The van der Waals surface area contributed by atoms with Gasteiger partial charge in [-0.25, -0.2) is 4.79 Å². The Morgan fingerprint density at radius 3 is 2.17 bits per heavy atom. The Morgan fingerprint density at radius 1 is 0.972 bits per heavy atom. The van der Waals surface area contributed by atoms with E-state index < -0.39 is 18.1 Å². The Morgan fingerprint density at radius 2 is 1.58 bits per heavy atom. The van der Waals surface area contributed by atoms with Gasteiger partial charge in [0.1, 0.15) is 30.5 Å². The summed E-state index contributed by atoms with van der Waals surface area (Å²) in [6, 6.07) is 15.8. The summed E-state index contributed by atoms with van der Waals surface area (Å²) in [6.07, 6.45) is -2.90. The van der Waals surface area contributed by atoms with E-state index in [1.807, 2.05) is 42.5 Å². The second kappa shape index (κ2) is 12.0. The molecule has 2 aliphatic heterocycles. The van der Waals surface area contributed by atoms with E-state index in [0.29, 0.717) is 26.4 Å². The van der Waals surface area contributed by atoms with E-state index in [0.717, 1.165) is 43.2 Å². The molecular formula is C25H28F3NO7. The molecule has 36 heavy (non-hydrogen) atoms. The fourth-order valence-corrected chi connectivity index (χ4v) is 4.15. The van der Waals surface area contributed by atoms with Crippen LogP contribution in [-0.2, 0) is 15.0 Å². The summed E-state index contributed by atoms with van der Waals surface area (Å²) < 4.78 is 49.2. The highest BCUT2D eigenvalue weighted by Crippen LogP contribution is 2.46. The van der Waals surface area contributed by atoms with Gasteiger partial charge in [0.25, 0.3) is 0 Å². The number of carboxylic acid groups (broad SMARTS) is 2. The number of ether oxygens (including phenoxy) is 3. The zero-order valence-corrected chi connectivity index (χ0v) is 19.5. The van der Waals surface area contributed by atoms with Crippen LogP contribution in [0.25, 0.3) is 0 Å². The fraction of sp³-hybridized carbons (Fsp3) is 0.440. The van der Waals surface area contributed by atoms with Crippen LogP contribution in [0.2, 0.25) is 0 Å². The third-order valence-electron chi connectivity index (χ3n) is 6.09. The van der Waals surface area contributed by atoms with Crippen molar-refractivity contribution in [3.05, 3.63) is 54.1 Å². The van der Waals surface area contributed by atoms with Crippen molar-refractivity contribution < 1.29 is 47.2 Å². The highest BCUT2D eigenvalue weighted by molar-refractivity contribution is 5.73. The summed E-state index contributed by atoms with van der Waals surface area (Å²) in [5.74, 6) is -0.958. The minimum Gasteiger partial charge on any atom is -0.492 e. The number of benzene rings is 2. The van der Waals surface area contributed by atoms with Crippen LogP contribution in [0.4, 0.5) is 13.2 Å². The molecule has 1 spiro atoms. The van der Waals surface area contributed by atoms with Gasteiger partial charge in [-0.1, -0.05) is 24.3 Å². The maximum atomic E-state index is 10.8. The van der Waals surface area contributed by atoms with Gasteiger partial charge in [0.15, 0.2) is 0 Å². The molecule has 4 rings (SSSR count). The highest BCUT2D eigenvalue weighted by atomic mass is 19.4. The largest absolute Gasteiger partial charge is 0.492 e. The van der Waals surface area contributed by atoms with Gasteiger partial charge in [0, 0.05) is 23.6 Å². The van der Waals surface area contributed by atoms with E-state index in [9.17, 15) is 18.0 Å². The van der Waals surface area contributed by atoms with Gasteiger partial charge in [-0.15, -0.1) is 0 Å². The van der Waals surface area contributed by atoms with Gasteiger partial charge in [-0.3, -0.25) is 4.79 Å². The summed E-state index contributed by atoms with van der Waals surface area (Å²) in [7, 11) is 0. The van der Waals surface area contributed by atoms with E-state index in [1.54, 1.807) is 0 Å². The lowest BCUT2D eigenvalue weighted by Gasteiger charge is -2.38. The Kier molecular flexibility index (Phi) is 9.03. The zero-order chi connectivity index (χ0) is 26.2. The molecule has 0 radical (unpaired) electrons. The number of alkyl halides is 3. The van der Waals surface area contributed by atoms with E-state index >= 15 is 0 Å². The molecule has 8 nitrogen and oxygen atoms in total. The third kappa shape index (κ3) is 7.51. The molecule has 1 saturated heterocycles. The van der Waals surface area contributed by atoms with Crippen molar-refractivity contribution in [2.24, 2.45) is 0 Å². The minimum atomic E-state index is -5.08. The zero-order valence-electron chi connectivity index (χ0n) is 19.5. The Hall–Kier alpha value is -3.47. The standard InChI is InChI=1S/C23H27NO5.C2HF3O2/c25-22(26)8-11-24-12-9-23(10-13-24)17-29-21-16-19(6-7-20(21)23)28-15-14-27-18-4-2-1-3-5-18;3-2(4,5)1(6)7/h1-7,16H,8-15,17H2,(H,25,26);(H,6,7). The van der Waals surface area contributed by atoms with Gasteiger partial charge in [0.05, 0.1) is 13.0 Å². The van der Waals surface area contributed by atoms with Gasteiger partial charge >= 0.3 is 18.1 Å². The van der Waals surface area contributed by atoms with Gasteiger partial charge in [-0.2, -0.15) is 13.2 Å². The number of carbonyl (C=O) groups is 2. The topological polar surface area (TPSA) is 106 Å². The number of hydrogen-bond acceptors (Lipinski definition) is 6. The molecule has 196 valence electrons. The monoisotopic (exact) mass is 511 g/mol. The Balaban J connectivity index is 0.000000454. The number of carboxylic acids is 2. The van der Waals surface area contributed by atoms with Crippen LogP contribution in [0.15, 0.2) is 48.5 Å². The molecule has 1 fully saturated rings. The Bertz CT molecular complexity index is 1020. The fourth-order valence-electron chi connectivity index (χ4n) is 4.15. The molecule has 0 bridgehead atoms. The van der Waals surface area contributed by atoms with Crippen LogP contribution in [-0.4, -0.2) is 72.7 Å². The van der Waals surface area contributed by atoms with Crippen molar-refractivity contribution >= 4 is 11.9 Å². The smallest absolute Gasteiger partial charge is 0.490 e. The predicted octanol–water partition coefficient (Wildman–Crippen LogP) is 3.98. The van der Waals surface area contributed by atoms with Crippen LogP contribution in [0, 0.1) is 0 Å². The van der Waals surface area contributed by atoms with Gasteiger partial charge < -0.3 is 29.3 Å². The molecule has 0 saturated carbocycles. The lowest BCUT2D eigenvalue weighted by molar-refractivity contribution is -0.192. The third-order valence-corrected chi connectivity index (χ3v) is 6.09. The van der Waals surface area contributed by atoms with Crippen molar-refractivity contribution in [2.75, 3.05) is 39.5 Å². The number of halogens is 3. The number of nitrogens with zero attached hydrogens (tertiary/aromatic N) is 1. The molecule has 0 aromatic heterocycles. The number of para-hydroxylation sites is 1. The van der Waals surface area contributed by atoms with Crippen molar-refractivity contribution in [1.82, 2.24) is 4.90 Å². The summed E-state index contributed by atoms with van der Waals surface area (Å²) >= 11 is 0. The number of fused-ring (bicyclic) bond motifs is 2. The Labute approximate surface area is 206 Å². The summed E-state index contributed by atoms with van der Waals surface area (Å²) in [4.78, 5) is 21.9. The van der Waals surface area contributed by atoms with Crippen LogP contribution in [0.3, 0.4) is 0 Å². The number of likely N-dealkylation sites (tertiary alicyclic amines) is 1.